The van der Waals surface area contributed by atoms with Gasteiger partial charge < -0.3 is 20.1 Å². The molecule has 0 bridgehead atoms. The van der Waals surface area contributed by atoms with Gasteiger partial charge in [-0.25, -0.2) is 4.39 Å². The van der Waals surface area contributed by atoms with Gasteiger partial charge in [0.2, 0.25) is 5.91 Å². The summed E-state index contributed by atoms with van der Waals surface area (Å²) in [5.41, 5.74) is 7.02. The van der Waals surface area contributed by atoms with E-state index in [0.29, 0.717) is 16.8 Å². The largest absolute Gasteiger partial charge is 0.573 e. The van der Waals surface area contributed by atoms with Crippen LogP contribution in [0.1, 0.15) is 22.3 Å². The molecule has 9 nitrogen and oxygen atoms in total. The molecule has 3 aromatic rings. The maximum Gasteiger partial charge on any atom is 0.573 e. The van der Waals surface area contributed by atoms with Crippen LogP contribution in [0.5, 0.6) is 11.5 Å². The maximum absolute atomic E-state index is 14.9. The summed E-state index contributed by atoms with van der Waals surface area (Å²) in [6.07, 6.45) is -2.88. The van der Waals surface area contributed by atoms with E-state index in [1.54, 1.807) is 6.20 Å². The highest BCUT2D eigenvalue weighted by Gasteiger charge is 2.34. The second-order valence-electron chi connectivity index (χ2n) is 8.09. The summed E-state index contributed by atoms with van der Waals surface area (Å²) in [4.78, 5) is 30.1. The zero-order valence-electron chi connectivity index (χ0n) is 18.7. The Hall–Kier alpha value is -4.16. The van der Waals surface area contributed by atoms with Crippen molar-refractivity contribution in [3.63, 3.8) is 0 Å². The first-order valence-corrected chi connectivity index (χ1v) is 10.8. The predicted molar refractivity (Wildman–Crippen MR) is 118 cm³/mol. The molecule has 0 aliphatic carbocycles. The molecule has 190 valence electrons. The second-order valence-corrected chi connectivity index (χ2v) is 8.09. The minimum atomic E-state index is -4.81. The molecule has 4 rings (SSSR count). The summed E-state index contributed by atoms with van der Waals surface area (Å²) >= 11 is 0. The molecule has 0 radical (unpaired) electrons. The zero-order chi connectivity index (χ0) is 25.9. The number of aromatic nitrogens is 3. The number of carbonyl (C=O) groups excluding carboxylic acids is 2. The molecule has 0 unspecified atom stereocenters. The molecule has 13 heteroatoms. The average molecular weight is 507 g/mol. The van der Waals surface area contributed by atoms with Crippen molar-refractivity contribution in [2.24, 2.45) is 5.73 Å². The molecule has 1 saturated heterocycles. The van der Waals surface area contributed by atoms with E-state index >= 15 is 0 Å². The van der Waals surface area contributed by atoms with Crippen molar-refractivity contribution in [1.82, 2.24) is 20.1 Å². The van der Waals surface area contributed by atoms with Gasteiger partial charge >= 0.3 is 6.36 Å². The number of piperidine rings is 1. The molecular formula is C23H21F4N5O4. The smallest absolute Gasteiger partial charge is 0.485 e. The summed E-state index contributed by atoms with van der Waals surface area (Å²) < 4.78 is 61.3. The van der Waals surface area contributed by atoms with Crippen LogP contribution in [0.15, 0.2) is 48.9 Å². The molecule has 2 atom stereocenters. The number of hydrogen-bond acceptors (Lipinski definition) is 6. The lowest BCUT2D eigenvalue weighted by Gasteiger charge is -2.35. The van der Waals surface area contributed by atoms with Crippen LogP contribution in [0.2, 0.25) is 0 Å². The number of rotatable bonds is 7. The standard InChI is InChI=1S/C23H21F4N5O4/c24-17-12-32(21(33)7-13-1-3-15(4-2-13)36-23(25,26)27)6-5-19(17)35-20-11-29-18(8-16(20)22(28)34)14-9-30-31-10-14/h1-4,8-11,17,19H,5-7,12H2,(H2,28,34)(H,30,31)/t17-,19+/m0/s1. The zero-order valence-corrected chi connectivity index (χ0v) is 18.7. The maximum atomic E-state index is 14.9. The second kappa shape index (κ2) is 10.2. The van der Waals surface area contributed by atoms with Gasteiger partial charge in [0.1, 0.15) is 11.9 Å². The van der Waals surface area contributed by atoms with E-state index in [1.165, 1.54) is 35.5 Å². The summed E-state index contributed by atoms with van der Waals surface area (Å²) in [7, 11) is 0. The van der Waals surface area contributed by atoms with Gasteiger partial charge in [-0.3, -0.25) is 19.7 Å². The number of likely N-dealkylation sites (tertiary alicyclic amines) is 1. The topological polar surface area (TPSA) is 123 Å². The molecule has 1 aromatic carbocycles. The molecule has 1 fully saturated rings. The minimum absolute atomic E-state index is 0.0309. The van der Waals surface area contributed by atoms with Crippen molar-refractivity contribution >= 4 is 11.8 Å². The lowest BCUT2D eigenvalue weighted by atomic mass is 10.0. The molecule has 2 amide bonds. The van der Waals surface area contributed by atoms with Crippen molar-refractivity contribution in [3.8, 4) is 22.8 Å². The van der Waals surface area contributed by atoms with Crippen molar-refractivity contribution in [3.05, 3.63) is 60.0 Å². The number of H-pyrrole nitrogens is 1. The summed E-state index contributed by atoms with van der Waals surface area (Å²) in [6, 6.07) is 6.33. The van der Waals surface area contributed by atoms with E-state index in [1.807, 2.05) is 0 Å². The van der Waals surface area contributed by atoms with Crippen LogP contribution >= 0.6 is 0 Å². The average Bonchev–Trinajstić information content (AvgIpc) is 3.36. The van der Waals surface area contributed by atoms with E-state index in [4.69, 9.17) is 10.5 Å². The number of ether oxygens (including phenoxy) is 2. The van der Waals surface area contributed by atoms with Gasteiger partial charge in [-0.05, 0) is 23.8 Å². The highest BCUT2D eigenvalue weighted by atomic mass is 19.4. The Labute approximate surface area is 202 Å². The number of halogens is 4. The van der Waals surface area contributed by atoms with Gasteiger partial charge in [-0.15, -0.1) is 13.2 Å². The van der Waals surface area contributed by atoms with E-state index in [0.717, 1.165) is 12.1 Å². The third-order valence-electron chi connectivity index (χ3n) is 5.55. The molecular weight excluding hydrogens is 486 g/mol. The number of nitrogens with one attached hydrogen (secondary N) is 1. The van der Waals surface area contributed by atoms with Gasteiger partial charge in [0, 0.05) is 24.7 Å². The highest BCUT2D eigenvalue weighted by Crippen LogP contribution is 2.28. The van der Waals surface area contributed by atoms with Gasteiger partial charge in [-0.1, -0.05) is 12.1 Å². The number of alkyl halides is 4. The van der Waals surface area contributed by atoms with Gasteiger partial charge in [0.05, 0.1) is 36.6 Å². The Morgan fingerprint density at radius 3 is 2.56 bits per heavy atom. The first kappa shape index (κ1) is 24.9. The Balaban J connectivity index is 1.36. The van der Waals surface area contributed by atoms with Crippen LogP contribution in [0.4, 0.5) is 17.6 Å². The number of aromatic amines is 1. The molecule has 36 heavy (non-hydrogen) atoms. The predicted octanol–water partition coefficient (Wildman–Crippen LogP) is 3.03. The fourth-order valence-electron chi connectivity index (χ4n) is 3.78. The monoisotopic (exact) mass is 507 g/mol. The van der Waals surface area contributed by atoms with Crippen molar-refractivity contribution < 1.29 is 36.6 Å². The first-order valence-electron chi connectivity index (χ1n) is 10.8. The number of carbonyl (C=O) groups is 2. The van der Waals surface area contributed by atoms with Gasteiger partial charge in [0.15, 0.2) is 11.9 Å². The third-order valence-corrected chi connectivity index (χ3v) is 5.55. The number of nitrogens with zero attached hydrogens (tertiary/aromatic N) is 3. The third kappa shape index (κ3) is 6.09. The van der Waals surface area contributed by atoms with Crippen molar-refractivity contribution in [1.29, 1.82) is 0 Å². The summed E-state index contributed by atoms with van der Waals surface area (Å²) in [5.74, 6) is -1.53. The normalized spacial score (nSPS) is 18.1. The SMILES string of the molecule is NC(=O)c1cc(-c2cn[nH]c2)ncc1O[C@@H]1CCN(C(=O)Cc2ccc(OC(F)(F)F)cc2)C[C@@H]1F. The van der Waals surface area contributed by atoms with E-state index in [2.05, 4.69) is 19.9 Å². The number of nitrogens with two attached hydrogens (primary N) is 1. The van der Waals surface area contributed by atoms with Crippen molar-refractivity contribution in [2.45, 2.75) is 31.5 Å². The Bertz CT molecular complexity index is 1220. The van der Waals surface area contributed by atoms with E-state index < -0.39 is 30.3 Å². The fourth-order valence-corrected chi connectivity index (χ4v) is 3.78. The molecule has 1 aliphatic heterocycles. The number of primary amides is 1. The van der Waals surface area contributed by atoms with Crippen LogP contribution in [-0.2, 0) is 11.2 Å². The number of amides is 2. The van der Waals surface area contributed by atoms with Crippen LogP contribution < -0.4 is 15.2 Å². The van der Waals surface area contributed by atoms with Crippen LogP contribution in [0, 0.1) is 0 Å². The fraction of sp³-hybridized carbons (Fsp3) is 0.304. The van der Waals surface area contributed by atoms with Crippen LogP contribution in [0.3, 0.4) is 0 Å². The molecule has 0 spiro atoms. The van der Waals surface area contributed by atoms with Crippen molar-refractivity contribution in [2.75, 3.05) is 13.1 Å². The quantitative estimate of drug-likeness (QED) is 0.474. The van der Waals surface area contributed by atoms with Gasteiger partial charge in [-0.2, -0.15) is 5.10 Å². The number of hydrogen-bond donors (Lipinski definition) is 2. The van der Waals surface area contributed by atoms with E-state index in [9.17, 15) is 27.2 Å². The van der Waals surface area contributed by atoms with Crippen LogP contribution in [-0.4, -0.2) is 63.6 Å². The minimum Gasteiger partial charge on any atom is -0.485 e. The number of benzene rings is 1. The van der Waals surface area contributed by atoms with E-state index in [-0.39, 0.29) is 43.2 Å². The molecule has 1 aliphatic rings. The van der Waals surface area contributed by atoms with Crippen LogP contribution in [0.25, 0.3) is 11.3 Å². The lowest BCUT2D eigenvalue weighted by molar-refractivity contribution is -0.274. The molecule has 3 heterocycles. The molecule has 3 N–H and O–H groups in total. The Morgan fingerprint density at radius 1 is 1.19 bits per heavy atom. The first-order chi connectivity index (χ1) is 17.1. The number of pyridine rings is 1. The Morgan fingerprint density at radius 2 is 1.94 bits per heavy atom. The summed E-state index contributed by atoms with van der Waals surface area (Å²) in [5, 5.41) is 6.46. The molecule has 0 saturated carbocycles. The molecule has 2 aromatic heterocycles. The summed E-state index contributed by atoms with van der Waals surface area (Å²) in [6.45, 7) is -0.0587. The lowest BCUT2D eigenvalue weighted by Crippen LogP contribution is -2.49. The highest BCUT2D eigenvalue weighted by molar-refractivity contribution is 5.96. The van der Waals surface area contributed by atoms with Gasteiger partial charge in [0.25, 0.3) is 5.91 Å². The Kier molecular flexibility index (Phi) is 7.08.